The zero-order valence-electron chi connectivity index (χ0n) is 8.51. The second-order valence-electron chi connectivity index (χ2n) is 3.85. The van der Waals surface area contributed by atoms with Crippen LogP contribution in [0.2, 0.25) is 0 Å². The molecule has 1 saturated heterocycles. The lowest BCUT2D eigenvalue weighted by Crippen LogP contribution is -2.55. The van der Waals surface area contributed by atoms with Crippen LogP contribution in [-0.4, -0.2) is 43.9 Å². The van der Waals surface area contributed by atoms with Gasteiger partial charge in [-0.2, -0.15) is 0 Å². The highest BCUT2D eigenvalue weighted by molar-refractivity contribution is 4.49. The third kappa shape index (κ3) is 2.46. The second kappa shape index (κ2) is 4.83. The van der Waals surface area contributed by atoms with Gasteiger partial charge in [0.15, 0.2) is 0 Å². The normalized spacial score (nSPS) is 22.5. The fraction of sp³-hybridized carbons (Fsp3) is 1.00. The van der Waals surface area contributed by atoms with Gasteiger partial charge in [0.05, 0.1) is 26.3 Å². The van der Waals surface area contributed by atoms with Crippen LogP contribution in [0, 0.1) is 0 Å². The van der Waals surface area contributed by atoms with Crippen molar-refractivity contribution >= 4 is 0 Å². The van der Waals surface area contributed by atoms with Crippen LogP contribution in [0.3, 0.4) is 0 Å². The van der Waals surface area contributed by atoms with Gasteiger partial charge in [0.1, 0.15) is 13.1 Å². The monoisotopic (exact) mass is 172 g/mol. The van der Waals surface area contributed by atoms with Crippen LogP contribution in [0.25, 0.3) is 0 Å². The van der Waals surface area contributed by atoms with Gasteiger partial charge in [0, 0.05) is 0 Å². The summed E-state index contributed by atoms with van der Waals surface area (Å²) in [6, 6.07) is 0. The molecular formula is C10H22NO+. The summed E-state index contributed by atoms with van der Waals surface area (Å²) in [4.78, 5) is 0. The van der Waals surface area contributed by atoms with Crippen molar-refractivity contribution < 1.29 is 9.22 Å². The number of ether oxygens (including phenoxy) is 1. The van der Waals surface area contributed by atoms with E-state index in [1.807, 2.05) is 0 Å². The molecule has 0 bridgehead atoms. The van der Waals surface area contributed by atoms with E-state index in [4.69, 9.17) is 4.74 Å². The third-order valence-corrected chi connectivity index (χ3v) is 2.82. The lowest BCUT2D eigenvalue weighted by molar-refractivity contribution is -0.935. The van der Waals surface area contributed by atoms with E-state index >= 15 is 0 Å². The van der Waals surface area contributed by atoms with E-state index in [1.165, 1.54) is 43.5 Å². The van der Waals surface area contributed by atoms with Crippen LogP contribution in [0.5, 0.6) is 0 Å². The first-order valence-corrected chi connectivity index (χ1v) is 5.26. The lowest BCUT2D eigenvalue weighted by Gasteiger charge is -2.41. The maximum absolute atomic E-state index is 5.40. The summed E-state index contributed by atoms with van der Waals surface area (Å²) in [6.45, 7) is 11.7. The summed E-state index contributed by atoms with van der Waals surface area (Å²) < 4.78 is 6.71. The van der Waals surface area contributed by atoms with E-state index < -0.39 is 0 Å². The van der Waals surface area contributed by atoms with Crippen molar-refractivity contribution in [2.24, 2.45) is 0 Å². The summed E-state index contributed by atoms with van der Waals surface area (Å²) in [5.74, 6) is 0. The molecular weight excluding hydrogens is 150 g/mol. The highest BCUT2D eigenvalue weighted by atomic mass is 16.5. The van der Waals surface area contributed by atoms with E-state index in [2.05, 4.69) is 13.8 Å². The average molecular weight is 172 g/mol. The number of nitrogens with zero attached hydrogens (tertiary/aromatic N) is 1. The molecule has 0 spiro atoms. The molecule has 12 heavy (non-hydrogen) atoms. The number of quaternary nitrogens is 1. The van der Waals surface area contributed by atoms with Crippen molar-refractivity contribution in [1.82, 2.24) is 0 Å². The minimum Gasteiger partial charge on any atom is -0.370 e. The molecule has 1 heterocycles. The molecule has 1 rings (SSSR count). The molecule has 0 radical (unpaired) electrons. The second-order valence-corrected chi connectivity index (χ2v) is 3.85. The first-order chi connectivity index (χ1) is 5.83. The van der Waals surface area contributed by atoms with E-state index in [0.29, 0.717) is 0 Å². The fourth-order valence-electron chi connectivity index (χ4n) is 2.24. The summed E-state index contributed by atoms with van der Waals surface area (Å²) in [5, 5.41) is 0. The van der Waals surface area contributed by atoms with Crippen molar-refractivity contribution in [2.75, 3.05) is 39.4 Å². The lowest BCUT2D eigenvalue weighted by atomic mass is 10.2. The minimum atomic E-state index is 0.972. The van der Waals surface area contributed by atoms with Crippen molar-refractivity contribution in [1.29, 1.82) is 0 Å². The van der Waals surface area contributed by atoms with Crippen molar-refractivity contribution in [3.8, 4) is 0 Å². The molecule has 0 saturated carbocycles. The fourth-order valence-corrected chi connectivity index (χ4v) is 2.24. The molecule has 0 aromatic carbocycles. The van der Waals surface area contributed by atoms with E-state index in [1.54, 1.807) is 0 Å². The first kappa shape index (κ1) is 10.0. The minimum absolute atomic E-state index is 0.972. The molecule has 0 aliphatic carbocycles. The van der Waals surface area contributed by atoms with Gasteiger partial charge in [-0.25, -0.2) is 0 Å². The third-order valence-electron chi connectivity index (χ3n) is 2.82. The Bertz CT molecular complexity index is 103. The van der Waals surface area contributed by atoms with Crippen LogP contribution in [-0.2, 0) is 4.74 Å². The van der Waals surface area contributed by atoms with Crippen molar-refractivity contribution in [2.45, 2.75) is 26.7 Å². The van der Waals surface area contributed by atoms with E-state index in [0.717, 1.165) is 13.2 Å². The smallest absolute Gasteiger partial charge is 0.102 e. The Kier molecular flexibility index (Phi) is 4.02. The van der Waals surface area contributed by atoms with Crippen LogP contribution < -0.4 is 0 Å². The SMILES string of the molecule is CCC[N+]1(CCC)CCOCC1. The number of hydrogen-bond donors (Lipinski definition) is 0. The Morgan fingerprint density at radius 1 is 1.00 bits per heavy atom. The topological polar surface area (TPSA) is 9.23 Å². The van der Waals surface area contributed by atoms with Crippen LogP contribution >= 0.6 is 0 Å². The molecule has 2 nitrogen and oxygen atoms in total. The molecule has 72 valence electrons. The Hall–Kier alpha value is -0.0800. The molecule has 2 heteroatoms. The maximum Gasteiger partial charge on any atom is 0.102 e. The Morgan fingerprint density at radius 3 is 1.92 bits per heavy atom. The van der Waals surface area contributed by atoms with Gasteiger partial charge in [-0.1, -0.05) is 13.8 Å². The molecule has 0 unspecified atom stereocenters. The Labute approximate surface area is 76.1 Å². The number of morpholine rings is 1. The van der Waals surface area contributed by atoms with Gasteiger partial charge in [0.25, 0.3) is 0 Å². The summed E-state index contributed by atoms with van der Waals surface area (Å²) in [7, 11) is 0. The Balaban J connectivity index is 2.44. The van der Waals surface area contributed by atoms with Gasteiger partial charge >= 0.3 is 0 Å². The number of hydrogen-bond acceptors (Lipinski definition) is 1. The molecule has 1 aliphatic rings. The number of rotatable bonds is 4. The van der Waals surface area contributed by atoms with Gasteiger partial charge < -0.3 is 9.22 Å². The molecule has 1 fully saturated rings. The molecule has 1 aliphatic heterocycles. The van der Waals surface area contributed by atoms with Gasteiger partial charge in [0.2, 0.25) is 0 Å². The summed E-state index contributed by atoms with van der Waals surface area (Å²) in [6.07, 6.45) is 2.61. The zero-order valence-corrected chi connectivity index (χ0v) is 8.51. The van der Waals surface area contributed by atoms with Crippen molar-refractivity contribution in [3.63, 3.8) is 0 Å². The largest absolute Gasteiger partial charge is 0.370 e. The summed E-state index contributed by atoms with van der Waals surface area (Å²) in [5.41, 5.74) is 0. The van der Waals surface area contributed by atoms with Crippen LogP contribution in [0.1, 0.15) is 26.7 Å². The van der Waals surface area contributed by atoms with Gasteiger partial charge in [-0.3, -0.25) is 0 Å². The summed E-state index contributed by atoms with van der Waals surface area (Å²) >= 11 is 0. The molecule has 0 aromatic heterocycles. The standard InChI is InChI=1S/C10H22NO/c1-3-5-11(6-4-2)7-9-12-10-8-11/h3-10H2,1-2H3/q+1. The predicted octanol–water partition coefficient (Wildman–Crippen LogP) is 1.65. The Morgan fingerprint density at radius 2 is 1.50 bits per heavy atom. The zero-order chi connectivity index (χ0) is 8.86. The van der Waals surface area contributed by atoms with Crippen LogP contribution in [0.4, 0.5) is 0 Å². The average Bonchev–Trinajstić information content (AvgIpc) is 2.07. The van der Waals surface area contributed by atoms with Crippen LogP contribution in [0.15, 0.2) is 0 Å². The highest BCUT2D eigenvalue weighted by Gasteiger charge is 2.27. The van der Waals surface area contributed by atoms with E-state index in [9.17, 15) is 0 Å². The molecule has 0 atom stereocenters. The van der Waals surface area contributed by atoms with Gasteiger partial charge in [-0.15, -0.1) is 0 Å². The molecule has 0 N–H and O–H groups in total. The van der Waals surface area contributed by atoms with Crippen molar-refractivity contribution in [3.05, 3.63) is 0 Å². The molecule has 0 aromatic rings. The predicted molar refractivity (Wildman–Crippen MR) is 51.1 cm³/mol. The van der Waals surface area contributed by atoms with E-state index in [-0.39, 0.29) is 0 Å². The maximum atomic E-state index is 5.40. The highest BCUT2D eigenvalue weighted by Crippen LogP contribution is 2.13. The quantitative estimate of drug-likeness (QED) is 0.586. The first-order valence-electron chi connectivity index (χ1n) is 5.26. The molecule has 0 amide bonds. The van der Waals surface area contributed by atoms with Gasteiger partial charge in [-0.05, 0) is 12.8 Å².